The third-order valence-corrected chi connectivity index (χ3v) is 2.75. The number of nitrogens with two attached hydrogens (primary N) is 1. The van der Waals surface area contributed by atoms with E-state index in [-0.39, 0.29) is 11.7 Å². The van der Waals surface area contributed by atoms with Gasteiger partial charge in [-0.05, 0) is 31.2 Å². The van der Waals surface area contributed by atoms with Crippen LogP contribution in [0.25, 0.3) is 0 Å². The van der Waals surface area contributed by atoms with E-state index in [4.69, 9.17) is 15.4 Å². The summed E-state index contributed by atoms with van der Waals surface area (Å²) in [5, 5.41) is 14.3. The van der Waals surface area contributed by atoms with E-state index in [9.17, 15) is 4.79 Å². The van der Waals surface area contributed by atoms with Gasteiger partial charge in [0.1, 0.15) is 11.5 Å². The Hall–Kier alpha value is -2.76. The molecule has 1 aromatic carbocycles. The Kier molecular flexibility index (Phi) is 4.05. The second-order valence-corrected chi connectivity index (χ2v) is 4.26. The smallest absolute Gasteiger partial charge is 0.251 e. The number of hydrogen-bond acceptors (Lipinski definition) is 4. The monoisotopic (exact) mass is 273 g/mol. The number of aryl methyl sites for hydroxylation is 1. The first-order valence-corrected chi connectivity index (χ1v) is 6.01. The molecule has 0 aliphatic rings. The van der Waals surface area contributed by atoms with Crippen molar-refractivity contribution >= 4 is 11.7 Å². The molecule has 0 atom stereocenters. The van der Waals surface area contributed by atoms with Crippen molar-refractivity contribution < 1.29 is 14.4 Å². The van der Waals surface area contributed by atoms with Gasteiger partial charge in [0.2, 0.25) is 0 Å². The molecule has 6 heteroatoms. The lowest BCUT2D eigenvalue weighted by atomic mass is 10.1. The van der Waals surface area contributed by atoms with Crippen molar-refractivity contribution in [1.29, 1.82) is 0 Å². The molecule has 6 nitrogen and oxygen atoms in total. The van der Waals surface area contributed by atoms with Gasteiger partial charge in [0.05, 0.1) is 6.54 Å². The summed E-state index contributed by atoms with van der Waals surface area (Å²) in [5.74, 6) is 1.18. The Morgan fingerprint density at radius 3 is 2.75 bits per heavy atom. The third-order valence-electron chi connectivity index (χ3n) is 2.75. The van der Waals surface area contributed by atoms with Crippen LogP contribution in [0.5, 0.6) is 0 Å². The number of hydrogen-bond donors (Lipinski definition) is 3. The molecule has 1 amide bonds. The van der Waals surface area contributed by atoms with Gasteiger partial charge in [-0.3, -0.25) is 4.79 Å². The summed E-state index contributed by atoms with van der Waals surface area (Å²) in [7, 11) is 0. The van der Waals surface area contributed by atoms with Gasteiger partial charge in [-0.25, -0.2) is 0 Å². The minimum Gasteiger partial charge on any atom is -0.465 e. The Morgan fingerprint density at radius 1 is 1.35 bits per heavy atom. The summed E-state index contributed by atoms with van der Waals surface area (Å²) < 4.78 is 5.36. The number of benzene rings is 1. The molecule has 0 spiro atoms. The molecule has 20 heavy (non-hydrogen) atoms. The number of nitrogens with zero attached hydrogens (tertiary/aromatic N) is 1. The Bertz CT molecular complexity index is 647. The maximum absolute atomic E-state index is 12.0. The standard InChI is InChI=1S/C14H15N3O3/c1-9-5-6-12(20-9)8-16-14(18)11-4-2-3-10(7-11)13(15)17-19/h2-7,19H,8H2,1H3,(H2,15,17)(H,16,18). The average Bonchev–Trinajstić information content (AvgIpc) is 2.89. The van der Waals surface area contributed by atoms with Crippen molar-refractivity contribution in [2.75, 3.05) is 0 Å². The Balaban J connectivity index is 2.05. The van der Waals surface area contributed by atoms with Gasteiger partial charge in [0, 0.05) is 11.1 Å². The van der Waals surface area contributed by atoms with Crippen LogP contribution in [-0.4, -0.2) is 17.0 Å². The molecule has 0 saturated carbocycles. The number of nitrogens with one attached hydrogen (secondary N) is 1. The average molecular weight is 273 g/mol. The van der Waals surface area contributed by atoms with Gasteiger partial charge >= 0.3 is 0 Å². The van der Waals surface area contributed by atoms with Crippen molar-refractivity contribution in [2.24, 2.45) is 10.9 Å². The van der Waals surface area contributed by atoms with Crippen LogP contribution in [0.1, 0.15) is 27.4 Å². The molecule has 0 aliphatic heterocycles. The summed E-state index contributed by atoms with van der Waals surface area (Å²) in [6, 6.07) is 10.2. The predicted octanol–water partition coefficient (Wildman–Crippen LogP) is 1.61. The molecule has 1 aromatic heterocycles. The molecule has 4 N–H and O–H groups in total. The lowest BCUT2D eigenvalue weighted by Crippen LogP contribution is -2.23. The highest BCUT2D eigenvalue weighted by Crippen LogP contribution is 2.08. The van der Waals surface area contributed by atoms with Gasteiger partial charge in [0.15, 0.2) is 5.84 Å². The highest BCUT2D eigenvalue weighted by Gasteiger charge is 2.08. The minimum absolute atomic E-state index is 0.0405. The van der Waals surface area contributed by atoms with Gasteiger partial charge in [0.25, 0.3) is 5.91 Å². The fraction of sp³-hybridized carbons (Fsp3) is 0.143. The quantitative estimate of drug-likeness (QED) is 0.341. The van der Waals surface area contributed by atoms with E-state index in [1.54, 1.807) is 24.3 Å². The zero-order chi connectivity index (χ0) is 14.5. The number of amides is 1. The van der Waals surface area contributed by atoms with Crippen molar-refractivity contribution in [3.63, 3.8) is 0 Å². The molecular formula is C14H15N3O3. The molecule has 0 aliphatic carbocycles. The molecule has 0 unspecified atom stereocenters. The summed E-state index contributed by atoms with van der Waals surface area (Å²) in [6.07, 6.45) is 0. The van der Waals surface area contributed by atoms with Crippen molar-refractivity contribution in [2.45, 2.75) is 13.5 Å². The van der Waals surface area contributed by atoms with Gasteiger partial charge < -0.3 is 20.7 Å². The Morgan fingerprint density at radius 2 is 2.10 bits per heavy atom. The van der Waals surface area contributed by atoms with E-state index < -0.39 is 0 Å². The largest absolute Gasteiger partial charge is 0.465 e. The van der Waals surface area contributed by atoms with Crippen LogP contribution in [0.2, 0.25) is 0 Å². The maximum atomic E-state index is 12.0. The van der Waals surface area contributed by atoms with Crippen LogP contribution in [0, 0.1) is 6.92 Å². The molecule has 0 saturated heterocycles. The number of carbonyl (C=O) groups excluding carboxylic acids is 1. The Labute approximate surface area is 115 Å². The first-order chi connectivity index (χ1) is 9.60. The second-order valence-electron chi connectivity index (χ2n) is 4.26. The van der Waals surface area contributed by atoms with E-state index >= 15 is 0 Å². The van der Waals surface area contributed by atoms with Crippen LogP contribution in [0.4, 0.5) is 0 Å². The molecule has 0 fully saturated rings. The summed E-state index contributed by atoms with van der Waals surface area (Å²) in [5.41, 5.74) is 6.39. The molecule has 0 radical (unpaired) electrons. The van der Waals surface area contributed by atoms with Crippen LogP contribution < -0.4 is 11.1 Å². The summed E-state index contributed by atoms with van der Waals surface area (Å²) in [4.78, 5) is 12.0. The van der Waals surface area contributed by atoms with Crippen molar-refractivity contribution in [1.82, 2.24) is 5.32 Å². The van der Waals surface area contributed by atoms with Crippen LogP contribution in [-0.2, 0) is 6.54 Å². The van der Waals surface area contributed by atoms with Crippen LogP contribution >= 0.6 is 0 Å². The minimum atomic E-state index is -0.258. The number of carbonyl (C=O) groups is 1. The maximum Gasteiger partial charge on any atom is 0.251 e. The second kappa shape index (κ2) is 5.92. The number of rotatable bonds is 4. The fourth-order valence-electron chi connectivity index (χ4n) is 1.73. The topological polar surface area (TPSA) is 101 Å². The highest BCUT2D eigenvalue weighted by atomic mass is 16.4. The van der Waals surface area contributed by atoms with Gasteiger partial charge in [-0.1, -0.05) is 17.3 Å². The van der Waals surface area contributed by atoms with E-state index in [0.29, 0.717) is 23.4 Å². The van der Waals surface area contributed by atoms with Gasteiger partial charge in [-0.15, -0.1) is 0 Å². The van der Waals surface area contributed by atoms with Crippen molar-refractivity contribution in [3.8, 4) is 0 Å². The van der Waals surface area contributed by atoms with Crippen LogP contribution in [0.3, 0.4) is 0 Å². The van der Waals surface area contributed by atoms with E-state index in [1.807, 2.05) is 19.1 Å². The first-order valence-electron chi connectivity index (χ1n) is 6.01. The summed E-state index contributed by atoms with van der Waals surface area (Å²) in [6.45, 7) is 2.15. The first kappa shape index (κ1) is 13.7. The fourth-order valence-corrected chi connectivity index (χ4v) is 1.73. The molecule has 0 bridgehead atoms. The van der Waals surface area contributed by atoms with E-state index in [2.05, 4.69) is 10.5 Å². The SMILES string of the molecule is Cc1ccc(CNC(=O)c2cccc(C(N)=NO)c2)o1. The number of furan rings is 1. The van der Waals surface area contributed by atoms with E-state index in [1.165, 1.54) is 0 Å². The van der Waals surface area contributed by atoms with E-state index in [0.717, 1.165) is 5.76 Å². The molecular weight excluding hydrogens is 258 g/mol. The zero-order valence-corrected chi connectivity index (χ0v) is 11.0. The number of oxime groups is 1. The summed E-state index contributed by atoms with van der Waals surface area (Å²) >= 11 is 0. The molecule has 2 aromatic rings. The lowest BCUT2D eigenvalue weighted by Gasteiger charge is -2.05. The molecule has 104 valence electrons. The lowest BCUT2D eigenvalue weighted by molar-refractivity contribution is 0.0948. The zero-order valence-electron chi connectivity index (χ0n) is 11.0. The van der Waals surface area contributed by atoms with Gasteiger partial charge in [-0.2, -0.15) is 0 Å². The molecule has 1 heterocycles. The van der Waals surface area contributed by atoms with Crippen LogP contribution in [0.15, 0.2) is 46.0 Å². The highest BCUT2D eigenvalue weighted by molar-refractivity contribution is 6.01. The normalized spacial score (nSPS) is 11.3. The van der Waals surface area contributed by atoms with Crippen molar-refractivity contribution in [3.05, 3.63) is 59.0 Å². The third kappa shape index (κ3) is 3.17. The molecule has 2 rings (SSSR count). The number of amidine groups is 1. The predicted molar refractivity (Wildman–Crippen MR) is 73.6 cm³/mol.